The first-order valence-electron chi connectivity index (χ1n) is 11.4. The van der Waals surface area contributed by atoms with Crippen molar-refractivity contribution in [1.29, 1.82) is 0 Å². The third-order valence-corrected chi connectivity index (χ3v) is 6.00. The second-order valence-corrected chi connectivity index (χ2v) is 8.26. The first-order chi connectivity index (χ1) is 16.4. The van der Waals surface area contributed by atoms with Crippen molar-refractivity contribution in [3.63, 3.8) is 0 Å². The van der Waals surface area contributed by atoms with E-state index in [0.29, 0.717) is 23.5 Å². The molecule has 2 unspecified atom stereocenters. The molecule has 3 aromatic rings. The normalized spacial score (nSPS) is 13.8. The first-order valence-corrected chi connectivity index (χ1v) is 11.4. The molecule has 0 radical (unpaired) electrons. The molecule has 8 nitrogen and oxygen atoms in total. The van der Waals surface area contributed by atoms with Crippen molar-refractivity contribution in [1.82, 2.24) is 10.3 Å². The number of ether oxygens (including phenoxy) is 2. The van der Waals surface area contributed by atoms with Gasteiger partial charge in [0, 0.05) is 23.5 Å². The summed E-state index contributed by atoms with van der Waals surface area (Å²) in [6.07, 6.45) is 2.87. The third kappa shape index (κ3) is 5.69. The zero-order valence-corrected chi connectivity index (χ0v) is 19.7. The first kappa shape index (κ1) is 25.1. The van der Waals surface area contributed by atoms with Crippen molar-refractivity contribution >= 4 is 22.8 Å². The minimum absolute atomic E-state index is 0.106. The van der Waals surface area contributed by atoms with Crippen LogP contribution in [0, 0.1) is 0 Å². The molecule has 3 atom stereocenters. The number of amides is 1. The third-order valence-electron chi connectivity index (χ3n) is 6.00. The van der Waals surface area contributed by atoms with E-state index in [2.05, 4.69) is 10.3 Å². The molecule has 0 spiro atoms. The molecule has 0 saturated heterocycles. The lowest BCUT2D eigenvalue weighted by atomic mass is 9.89. The highest BCUT2D eigenvalue weighted by Gasteiger charge is 2.32. The number of carbonyl (C=O) groups is 2. The van der Waals surface area contributed by atoms with Crippen LogP contribution in [-0.2, 0) is 16.0 Å². The predicted octanol–water partition coefficient (Wildman–Crippen LogP) is 3.63. The lowest BCUT2D eigenvalue weighted by Crippen LogP contribution is -2.46. The van der Waals surface area contributed by atoms with Crippen LogP contribution in [0.15, 0.2) is 48.7 Å². The van der Waals surface area contributed by atoms with E-state index in [1.54, 1.807) is 24.4 Å². The Morgan fingerprint density at radius 2 is 1.82 bits per heavy atom. The maximum Gasteiger partial charge on any atom is 0.326 e. The summed E-state index contributed by atoms with van der Waals surface area (Å²) in [5.74, 6) is -1.74. The van der Waals surface area contributed by atoms with Crippen LogP contribution < -0.4 is 14.8 Å². The number of benzene rings is 2. The molecule has 0 aliphatic carbocycles. The summed E-state index contributed by atoms with van der Waals surface area (Å²) in [5.41, 5.74) is 2.21. The van der Waals surface area contributed by atoms with E-state index in [0.717, 1.165) is 29.3 Å². The highest BCUT2D eigenvalue weighted by molar-refractivity contribution is 5.90. The van der Waals surface area contributed by atoms with Crippen molar-refractivity contribution < 1.29 is 29.3 Å². The fraction of sp³-hybridized carbons (Fsp3) is 0.385. The second-order valence-electron chi connectivity index (χ2n) is 8.26. The number of rotatable bonds is 12. The fourth-order valence-electron chi connectivity index (χ4n) is 4.16. The van der Waals surface area contributed by atoms with E-state index >= 15 is 0 Å². The smallest absolute Gasteiger partial charge is 0.326 e. The number of carboxylic acid groups (broad SMARTS) is 1. The molecule has 1 aromatic heterocycles. The van der Waals surface area contributed by atoms with E-state index in [1.807, 2.05) is 31.2 Å². The number of aromatic nitrogens is 1. The Morgan fingerprint density at radius 3 is 2.50 bits per heavy atom. The standard InChI is InChI=1S/C26H32N2O6/c1-4-5-10-21(29)24(16-11-12-22(33-2)23(14-16)34-3)25(30)28-20(26(31)32)13-17-15-27-19-9-7-6-8-18(17)19/h6-9,11-12,14-15,20-21,24,27,29H,4-5,10,13H2,1-3H3,(H,28,30)(H,31,32)/t20-,21?,24?/m0/s1. The van der Waals surface area contributed by atoms with E-state index < -0.39 is 29.9 Å². The van der Waals surface area contributed by atoms with E-state index in [1.165, 1.54) is 14.2 Å². The molecular formula is C26H32N2O6. The average molecular weight is 469 g/mol. The van der Waals surface area contributed by atoms with Gasteiger partial charge in [0.25, 0.3) is 0 Å². The maximum absolute atomic E-state index is 13.4. The molecule has 8 heteroatoms. The molecule has 4 N–H and O–H groups in total. The Morgan fingerprint density at radius 1 is 1.09 bits per heavy atom. The van der Waals surface area contributed by atoms with Gasteiger partial charge >= 0.3 is 5.97 Å². The quantitative estimate of drug-likeness (QED) is 0.322. The molecule has 0 aliphatic rings. The fourth-order valence-corrected chi connectivity index (χ4v) is 4.16. The van der Waals surface area contributed by atoms with Crippen LogP contribution in [0.2, 0.25) is 0 Å². The minimum atomic E-state index is -1.16. The zero-order valence-electron chi connectivity index (χ0n) is 19.7. The zero-order chi connectivity index (χ0) is 24.7. The van der Waals surface area contributed by atoms with Crippen molar-refractivity contribution in [2.75, 3.05) is 14.2 Å². The Balaban J connectivity index is 1.88. The predicted molar refractivity (Wildman–Crippen MR) is 129 cm³/mol. The summed E-state index contributed by atoms with van der Waals surface area (Å²) < 4.78 is 10.6. The number of aliphatic hydroxyl groups is 1. The van der Waals surface area contributed by atoms with Gasteiger partial charge in [0.1, 0.15) is 6.04 Å². The number of unbranched alkanes of at least 4 members (excludes halogenated alkanes) is 1. The molecule has 3 rings (SSSR count). The molecule has 1 amide bonds. The molecule has 0 saturated carbocycles. The molecule has 0 fully saturated rings. The van der Waals surface area contributed by atoms with Crippen LogP contribution in [0.1, 0.15) is 43.2 Å². The number of hydrogen-bond acceptors (Lipinski definition) is 5. The van der Waals surface area contributed by atoms with Crippen LogP contribution in [0.3, 0.4) is 0 Å². The van der Waals surface area contributed by atoms with Gasteiger partial charge in [-0.3, -0.25) is 4.79 Å². The van der Waals surface area contributed by atoms with Gasteiger partial charge in [-0.25, -0.2) is 4.79 Å². The number of aliphatic carboxylic acids is 1. The molecule has 0 bridgehead atoms. The molecule has 2 aromatic carbocycles. The summed E-state index contributed by atoms with van der Waals surface area (Å²) in [7, 11) is 3.01. The summed E-state index contributed by atoms with van der Waals surface area (Å²) in [5, 5.41) is 24.3. The van der Waals surface area contributed by atoms with Crippen molar-refractivity contribution in [3.05, 3.63) is 59.8 Å². The van der Waals surface area contributed by atoms with Gasteiger partial charge in [0.05, 0.1) is 26.2 Å². The van der Waals surface area contributed by atoms with Crippen LogP contribution in [-0.4, -0.2) is 53.4 Å². The Labute approximate surface area is 198 Å². The Hall–Kier alpha value is -3.52. The number of H-pyrrole nitrogens is 1. The average Bonchev–Trinajstić information content (AvgIpc) is 3.25. The SMILES string of the molecule is CCCCC(O)C(C(=O)N[C@@H](Cc1c[nH]c2ccccc12)C(=O)O)c1ccc(OC)c(OC)c1. The van der Waals surface area contributed by atoms with Crippen molar-refractivity contribution in [2.45, 2.75) is 50.7 Å². The van der Waals surface area contributed by atoms with Gasteiger partial charge in [0.15, 0.2) is 11.5 Å². The van der Waals surface area contributed by atoms with Crippen LogP contribution in [0.5, 0.6) is 11.5 Å². The maximum atomic E-state index is 13.4. The van der Waals surface area contributed by atoms with Crippen LogP contribution in [0.25, 0.3) is 10.9 Å². The largest absolute Gasteiger partial charge is 0.493 e. The highest BCUT2D eigenvalue weighted by Crippen LogP contribution is 2.33. The lowest BCUT2D eigenvalue weighted by Gasteiger charge is -2.25. The Kier molecular flexibility index (Phi) is 8.54. The van der Waals surface area contributed by atoms with E-state index in [4.69, 9.17) is 9.47 Å². The Bertz CT molecular complexity index is 1130. The van der Waals surface area contributed by atoms with Gasteiger partial charge < -0.3 is 30.0 Å². The van der Waals surface area contributed by atoms with Crippen molar-refractivity contribution in [3.8, 4) is 11.5 Å². The number of hydrogen-bond donors (Lipinski definition) is 4. The number of nitrogens with one attached hydrogen (secondary N) is 2. The molecule has 182 valence electrons. The van der Waals surface area contributed by atoms with Gasteiger partial charge in [0.2, 0.25) is 5.91 Å². The topological polar surface area (TPSA) is 121 Å². The van der Waals surface area contributed by atoms with Crippen LogP contribution in [0.4, 0.5) is 0 Å². The van der Waals surface area contributed by atoms with Crippen LogP contribution >= 0.6 is 0 Å². The summed E-state index contributed by atoms with van der Waals surface area (Å²) in [6, 6.07) is 11.4. The number of aromatic amines is 1. The van der Waals surface area contributed by atoms with Gasteiger partial charge in [-0.2, -0.15) is 0 Å². The molecule has 0 aliphatic heterocycles. The van der Waals surface area contributed by atoms with E-state index in [-0.39, 0.29) is 6.42 Å². The summed E-state index contributed by atoms with van der Waals surface area (Å²) in [4.78, 5) is 28.6. The molecule has 1 heterocycles. The van der Waals surface area contributed by atoms with Gasteiger partial charge in [-0.05, 0) is 35.7 Å². The number of aliphatic hydroxyl groups excluding tert-OH is 1. The summed E-state index contributed by atoms with van der Waals surface area (Å²) in [6.45, 7) is 2.00. The van der Waals surface area contributed by atoms with Gasteiger partial charge in [-0.15, -0.1) is 0 Å². The monoisotopic (exact) mass is 468 g/mol. The van der Waals surface area contributed by atoms with E-state index in [9.17, 15) is 19.8 Å². The number of carboxylic acids is 1. The number of fused-ring (bicyclic) bond motifs is 1. The number of carbonyl (C=O) groups excluding carboxylic acids is 1. The number of para-hydroxylation sites is 1. The minimum Gasteiger partial charge on any atom is -0.493 e. The number of methoxy groups -OCH3 is 2. The van der Waals surface area contributed by atoms with Gasteiger partial charge in [-0.1, -0.05) is 44.0 Å². The summed E-state index contributed by atoms with van der Waals surface area (Å²) >= 11 is 0. The van der Waals surface area contributed by atoms with Crippen molar-refractivity contribution in [2.24, 2.45) is 0 Å². The second kappa shape index (κ2) is 11.6. The lowest BCUT2D eigenvalue weighted by molar-refractivity contribution is -0.142. The highest BCUT2D eigenvalue weighted by atomic mass is 16.5. The molecular weight excluding hydrogens is 436 g/mol. The molecule has 34 heavy (non-hydrogen) atoms.